The maximum Gasteiger partial charge on any atom is 0.100 e. The van der Waals surface area contributed by atoms with Crippen molar-refractivity contribution in [1.29, 1.82) is 0 Å². The van der Waals surface area contributed by atoms with Crippen molar-refractivity contribution in [3.63, 3.8) is 0 Å². The van der Waals surface area contributed by atoms with E-state index in [1.807, 2.05) is 31.5 Å². The Labute approximate surface area is 119 Å². The Morgan fingerprint density at radius 3 is 2.75 bits per heavy atom. The molecule has 1 unspecified atom stereocenters. The number of aromatic nitrogens is 2. The van der Waals surface area contributed by atoms with Crippen LogP contribution >= 0.6 is 0 Å². The Hall–Kier alpha value is -2.13. The van der Waals surface area contributed by atoms with E-state index in [2.05, 4.69) is 40.7 Å². The Balaban J connectivity index is 2.04. The molecule has 1 aromatic heterocycles. The quantitative estimate of drug-likeness (QED) is 0.790. The normalized spacial score (nSPS) is 12.8. The smallest absolute Gasteiger partial charge is 0.100 e. The zero-order chi connectivity index (χ0) is 14.1. The van der Waals surface area contributed by atoms with E-state index >= 15 is 0 Å². The number of imidazole rings is 1. The van der Waals surface area contributed by atoms with Gasteiger partial charge in [0.2, 0.25) is 0 Å². The first kappa shape index (κ1) is 12.9. The van der Waals surface area contributed by atoms with Gasteiger partial charge < -0.3 is 5.73 Å². The van der Waals surface area contributed by atoms with Gasteiger partial charge in [-0.15, -0.1) is 0 Å². The van der Waals surface area contributed by atoms with Gasteiger partial charge in [-0.05, 0) is 55.7 Å². The van der Waals surface area contributed by atoms with Gasteiger partial charge in [-0.2, -0.15) is 0 Å². The van der Waals surface area contributed by atoms with E-state index in [-0.39, 0.29) is 6.04 Å². The molecule has 0 radical (unpaired) electrons. The third-order valence-electron chi connectivity index (χ3n) is 3.60. The lowest BCUT2D eigenvalue weighted by Gasteiger charge is -2.11. The molecule has 3 heteroatoms. The first-order valence-electron chi connectivity index (χ1n) is 6.93. The highest BCUT2D eigenvalue weighted by molar-refractivity contribution is 5.77. The van der Waals surface area contributed by atoms with Crippen LogP contribution in [0.1, 0.15) is 18.1 Å². The van der Waals surface area contributed by atoms with Crippen molar-refractivity contribution in [2.24, 2.45) is 5.73 Å². The number of nitrogens with zero attached hydrogens (tertiary/aromatic N) is 2. The van der Waals surface area contributed by atoms with Crippen molar-refractivity contribution in [2.45, 2.75) is 26.3 Å². The third-order valence-corrected chi connectivity index (χ3v) is 3.60. The highest BCUT2D eigenvalue weighted by Gasteiger charge is 2.07. The molecular formula is C17H19N3. The molecule has 0 bridgehead atoms. The molecule has 20 heavy (non-hydrogen) atoms. The predicted octanol–water partition coefficient (Wildman–Crippen LogP) is 3.22. The van der Waals surface area contributed by atoms with Gasteiger partial charge in [0.15, 0.2) is 0 Å². The summed E-state index contributed by atoms with van der Waals surface area (Å²) in [7, 11) is 0. The van der Waals surface area contributed by atoms with Crippen LogP contribution in [0.3, 0.4) is 0 Å². The van der Waals surface area contributed by atoms with Crippen LogP contribution in [0.15, 0.2) is 48.8 Å². The summed E-state index contributed by atoms with van der Waals surface area (Å²) in [4.78, 5) is 4.44. The van der Waals surface area contributed by atoms with Crippen molar-refractivity contribution in [3.05, 3.63) is 59.9 Å². The Morgan fingerprint density at radius 1 is 1.20 bits per heavy atom. The fourth-order valence-electron chi connectivity index (χ4n) is 2.57. The first-order valence-corrected chi connectivity index (χ1v) is 6.93. The van der Waals surface area contributed by atoms with Gasteiger partial charge in [0.25, 0.3) is 0 Å². The lowest BCUT2D eigenvalue weighted by atomic mass is 10.0. The van der Waals surface area contributed by atoms with E-state index < -0.39 is 0 Å². The second-order valence-electron chi connectivity index (χ2n) is 5.40. The van der Waals surface area contributed by atoms with Crippen LogP contribution in [-0.2, 0) is 6.42 Å². The van der Waals surface area contributed by atoms with Crippen LogP contribution < -0.4 is 5.73 Å². The number of aryl methyl sites for hydroxylation is 1. The highest BCUT2D eigenvalue weighted by Crippen LogP contribution is 2.20. The summed E-state index contributed by atoms with van der Waals surface area (Å²) < 4.78 is 2.12. The van der Waals surface area contributed by atoms with E-state index in [9.17, 15) is 0 Å². The molecule has 3 rings (SSSR count). The zero-order valence-electron chi connectivity index (χ0n) is 11.9. The summed E-state index contributed by atoms with van der Waals surface area (Å²) in [5.74, 6) is 0. The van der Waals surface area contributed by atoms with Gasteiger partial charge in [-0.1, -0.05) is 18.2 Å². The molecular weight excluding hydrogens is 246 g/mol. The average Bonchev–Trinajstić information content (AvgIpc) is 2.84. The molecule has 3 aromatic rings. The fourth-order valence-corrected chi connectivity index (χ4v) is 2.57. The minimum absolute atomic E-state index is 0.189. The van der Waals surface area contributed by atoms with Gasteiger partial charge in [-0.25, -0.2) is 4.98 Å². The lowest BCUT2D eigenvalue weighted by Crippen LogP contribution is -2.18. The molecule has 102 valence electrons. The van der Waals surface area contributed by atoms with Gasteiger partial charge in [0.1, 0.15) is 6.33 Å². The van der Waals surface area contributed by atoms with Gasteiger partial charge >= 0.3 is 0 Å². The van der Waals surface area contributed by atoms with Crippen LogP contribution in [0.5, 0.6) is 0 Å². The third kappa shape index (κ3) is 2.32. The van der Waals surface area contributed by atoms with E-state index in [0.29, 0.717) is 0 Å². The predicted molar refractivity (Wildman–Crippen MR) is 83.2 cm³/mol. The number of hydrogen-bond donors (Lipinski definition) is 1. The molecule has 2 aromatic carbocycles. The standard InChI is InChI=1S/C17H19N3/c1-12-9-15(8-7-14(12)10-13(2)18)20-11-19-16-5-3-4-6-17(16)20/h3-9,11,13H,10,18H2,1-2H3. The van der Waals surface area contributed by atoms with Crippen molar-refractivity contribution >= 4 is 11.0 Å². The van der Waals surface area contributed by atoms with E-state index in [4.69, 9.17) is 5.73 Å². The summed E-state index contributed by atoms with van der Waals surface area (Å²) in [5, 5.41) is 0. The fraction of sp³-hybridized carbons (Fsp3) is 0.235. The molecule has 0 amide bonds. The van der Waals surface area contributed by atoms with Crippen molar-refractivity contribution in [1.82, 2.24) is 9.55 Å². The van der Waals surface area contributed by atoms with Gasteiger partial charge in [0.05, 0.1) is 11.0 Å². The highest BCUT2D eigenvalue weighted by atomic mass is 15.0. The summed E-state index contributed by atoms with van der Waals surface area (Å²) in [6, 6.07) is 14.9. The Morgan fingerprint density at radius 2 is 2.00 bits per heavy atom. The molecule has 0 spiro atoms. The molecule has 2 N–H and O–H groups in total. The molecule has 3 nitrogen and oxygen atoms in total. The minimum Gasteiger partial charge on any atom is -0.328 e. The average molecular weight is 265 g/mol. The monoisotopic (exact) mass is 265 g/mol. The number of benzene rings is 2. The maximum absolute atomic E-state index is 5.89. The number of hydrogen-bond acceptors (Lipinski definition) is 2. The van der Waals surface area contributed by atoms with Crippen molar-refractivity contribution in [2.75, 3.05) is 0 Å². The maximum atomic E-state index is 5.89. The second-order valence-corrected chi connectivity index (χ2v) is 5.40. The SMILES string of the molecule is Cc1cc(-n2cnc3ccccc32)ccc1CC(C)N. The number of nitrogens with two attached hydrogens (primary N) is 1. The van der Waals surface area contributed by atoms with Crippen molar-refractivity contribution in [3.8, 4) is 5.69 Å². The van der Waals surface area contributed by atoms with Crippen LogP contribution in [0.25, 0.3) is 16.7 Å². The van der Waals surface area contributed by atoms with E-state index in [1.54, 1.807) is 0 Å². The van der Waals surface area contributed by atoms with E-state index in [1.165, 1.54) is 11.1 Å². The molecule has 0 fully saturated rings. The summed E-state index contributed by atoms with van der Waals surface area (Å²) >= 11 is 0. The number of rotatable bonds is 3. The second kappa shape index (κ2) is 5.10. The van der Waals surface area contributed by atoms with Crippen molar-refractivity contribution < 1.29 is 0 Å². The lowest BCUT2D eigenvalue weighted by molar-refractivity contribution is 0.734. The summed E-state index contributed by atoms with van der Waals surface area (Å²) in [6.07, 6.45) is 2.79. The molecule has 1 atom stereocenters. The molecule has 0 aliphatic rings. The molecule has 0 aliphatic carbocycles. The molecule has 0 aliphatic heterocycles. The Bertz CT molecular complexity index is 741. The van der Waals surface area contributed by atoms with Crippen LogP contribution in [0.4, 0.5) is 0 Å². The molecule has 1 heterocycles. The number of fused-ring (bicyclic) bond motifs is 1. The van der Waals surface area contributed by atoms with Crippen LogP contribution in [0, 0.1) is 6.92 Å². The van der Waals surface area contributed by atoms with Crippen LogP contribution in [0.2, 0.25) is 0 Å². The molecule has 0 saturated carbocycles. The first-order chi connectivity index (χ1) is 9.65. The summed E-state index contributed by atoms with van der Waals surface area (Å²) in [6.45, 7) is 4.18. The topological polar surface area (TPSA) is 43.8 Å². The summed E-state index contributed by atoms with van der Waals surface area (Å²) in [5.41, 5.74) is 11.8. The van der Waals surface area contributed by atoms with E-state index in [0.717, 1.165) is 23.1 Å². The minimum atomic E-state index is 0.189. The van der Waals surface area contributed by atoms with Crippen LogP contribution in [-0.4, -0.2) is 15.6 Å². The van der Waals surface area contributed by atoms with Gasteiger partial charge in [0, 0.05) is 11.7 Å². The number of para-hydroxylation sites is 2. The largest absolute Gasteiger partial charge is 0.328 e. The van der Waals surface area contributed by atoms with Gasteiger partial charge in [-0.3, -0.25) is 4.57 Å². The Kier molecular flexibility index (Phi) is 3.28. The zero-order valence-corrected chi connectivity index (χ0v) is 11.9. The molecule has 0 saturated heterocycles.